The molecule has 1 heterocycles. The van der Waals surface area contributed by atoms with Crippen LogP contribution >= 0.6 is 15.9 Å². The number of hydrogen-bond acceptors (Lipinski definition) is 19. The van der Waals surface area contributed by atoms with E-state index in [1.54, 1.807) is 0 Å². The van der Waals surface area contributed by atoms with E-state index in [1.807, 2.05) is 4.72 Å². The van der Waals surface area contributed by atoms with Gasteiger partial charge in [0, 0.05) is 51.7 Å². The van der Waals surface area contributed by atoms with E-state index in [1.165, 1.54) is 0 Å². The van der Waals surface area contributed by atoms with Crippen LogP contribution < -0.4 is 36.6 Å². The number of carbonyl (C=O) groups is 10. The normalized spacial score (nSPS) is 12.4. The molecule has 30 nitrogen and oxygen atoms in total. The number of aryl methyl sites for hydroxylation is 1. The summed E-state index contributed by atoms with van der Waals surface area (Å²) in [6, 6.07) is -4.14. The van der Waals surface area contributed by atoms with Crippen LogP contribution in [0.3, 0.4) is 0 Å². The number of alkyl halides is 1. The molecule has 32 heteroatoms. The molecular weight excluding hydrogens is 1040 g/mol. The second-order valence-electron chi connectivity index (χ2n) is 15.1. The largest absolute Gasteiger partial charge is 0.480 e. The van der Waals surface area contributed by atoms with Crippen LogP contribution in [-0.4, -0.2) is 205 Å². The first-order valence-electron chi connectivity index (χ1n) is 22.3. The van der Waals surface area contributed by atoms with Gasteiger partial charge in [0.25, 0.3) is 0 Å². The van der Waals surface area contributed by atoms with Crippen molar-refractivity contribution in [3.8, 4) is 0 Å². The number of tetrazole rings is 1. The van der Waals surface area contributed by atoms with E-state index in [0.29, 0.717) is 38.1 Å². The molecule has 1 rings (SSSR count). The van der Waals surface area contributed by atoms with E-state index in [9.17, 15) is 71.7 Å². The Hall–Kier alpha value is -5.96. The van der Waals surface area contributed by atoms with E-state index >= 15 is 0 Å². The first-order valence-corrected chi connectivity index (χ1v) is 25.1. The molecule has 0 fully saturated rings. The molecule has 402 valence electrons. The summed E-state index contributed by atoms with van der Waals surface area (Å²) in [6.07, 6.45) is 0.0321. The summed E-state index contributed by atoms with van der Waals surface area (Å²) in [5, 5.41) is 56.1. The molecule has 3 unspecified atom stereocenters. The van der Waals surface area contributed by atoms with Crippen LogP contribution in [0.5, 0.6) is 0 Å². The summed E-state index contributed by atoms with van der Waals surface area (Å²) >= 11 is 3.02. The smallest absolute Gasteiger partial charge is 0.326 e. The predicted octanol–water partition coefficient (Wildman–Crippen LogP) is -4.00. The molecule has 0 radical (unpaired) electrons. The van der Waals surface area contributed by atoms with Gasteiger partial charge in [0.05, 0.1) is 50.7 Å². The third kappa shape index (κ3) is 34.1. The Kier molecular flexibility index (Phi) is 33.6. The number of sulfonamides is 1. The second-order valence-corrected chi connectivity index (χ2v) is 17.5. The molecule has 0 bridgehead atoms. The molecule has 71 heavy (non-hydrogen) atoms. The summed E-state index contributed by atoms with van der Waals surface area (Å²) in [7, 11) is -3.94. The highest BCUT2D eigenvalue weighted by molar-refractivity contribution is 9.09. The average Bonchev–Trinajstić information content (AvgIpc) is 3.83. The van der Waals surface area contributed by atoms with Gasteiger partial charge < -0.3 is 66.2 Å². The molecule has 0 saturated heterocycles. The molecule has 0 aliphatic heterocycles. The molecule has 0 aliphatic rings. The van der Waals surface area contributed by atoms with Crippen LogP contribution in [0.15, 0.2) is 0 Å². The van der Waals surface area contributed by atoms with Crippen molar-refractivity contribution in [2.75, 3.05) is 83.6 Å². The van der Waals surface area contributed by atoms with Crippen molar-refractivity contribution < 1.29 is 90.6 Å². The number of aliphatic carboxylic acids is 3. The van der Waals surface area contributed by atoms with Gasteiger partial charge in [-0.05, 0) is 44.9 Å². The minimum Gasteiger partial charge on any atom is -0.480 e. The van der Waals surface area contributed by atoms with Crippen molar-refractivity contribution >= 4 is 85.2 Å². The van der Waals surface area contributed by atoms with Crippen molar-refractivity contribution in [3.05, 3.63) is 5.82 Å². The van der Waals surface area contributed by atoms with Crippen molar-refractivity contribution in [2.24, 2.45) is 0 Å². The quantitative estimate of drug-likeness (QED) is 0.0219. The van der Waals surface area contributed by atoms with Gasteiger partial charge >= 0.3 is 17.9 Å². The number of hydrogen-bond donors (Lipinski definition) is 11. The van der Waals surface area contributed by atoms with Crippen LogP contribution in [0.2, 0.25) is 0 Å². The SMILES string of the molecule is O=C(CBr)NCCCCC(NC(=O)COCCOCCNC(=O)CCC(NC(=O)CCC(NC(=O)COCCOCCNC(=O)CCCS(=O)(=O)NC(=O)CCCc1nn[nH]n1)C(=O)O)C(=O)O)C(=O)O. The number of ether oxygens (including phenoxy) is 4. The summed E-state index contributed by atoms with van der Waals surface area (Å²) in [5.74, 6) is -8.38. The number of carboxylic acids is 3. The number of aromatic nitrogens is 4. The summed E-state index contributed by atoms with van der Waals surface area (Å²) < 4.78 is 47.1. The zero-order valence-electron chi connectivity index (χ0n) is 38.9. The highest BCUT2D eigenvalue weighted by Crippen LogP contribution is 2.05. The van der Waals surface area contributed by atoms with Crippen LogP contribution in [0, 0.1) is 0 Å². The van der Waals surface area contributed by atoms with Crippen molar-refractivity contribution in [1.29, 1.82) is 0 Å². The second kappa shape index (κ2) is 37.8. The van der Waals surface area contributed by atoms with Crippen molar-refractivity contribution in [1.82, 2.24) is 57.2 Å². The van der Waals surface area contributed by atoms with Gasteiger partial charge in [-0.25, -0.2) is 22.8 Å². The minimum atomic E-state index is -3.94. The predicted molar refractivity (Wildman–Crippen MR) is 245 cm³/mol. The van der Waals surface area contributed by atoms with Crippen molar-refractivity contribution in [3.63, 3.8) is 0 Å². The fourth-order valence-corrected chi connectivity index (χ4v) is 6.95. The van der Waals surface area contributed by atoms with E-state index in [2.05, 4.69) is 68.5 Å². The first-order chi connectivity index (χ1) is 33.8. The lowest BCUT2D eigenvalue weighted by Crippen LogP contribution is -2.45. The fourth-order valence-electron chi connectivity index (χ4n) is 5.68. The highest BCUT2D eigenvalue weighted by atomic mass is 79.9. The van der Waals surface area contributed by atoms with Crippen LogP contribution in [0.1, 0.15) is 76.5 Å². The minimum absolute atomic E-state index is 0.00757. The summed E-state index contributed by atoms with van der Waals surface area (Å²) in [4.78, 5) is 119. The van der Waals surface area contributed by atoms with Crippen LogP contribution in [-0.2, 0) is 83.3 Å². The van der Waals surface area contributed by atoms with Crippen LogP contribution in [0.4, 0.5) is 0 Å². The molecular formula is C39H64BrN11O19S. The standard InChI is InChI=1S/C39H64BrN11O19S/c40-23-34(56)41-13-2-1-5-26(37(59)60)45-35(57)24-69-20-19-68-17-15-43-31(53)11-9-27(38(61)62)44-32(54)12-10-28(39(63)64)46-36(58)25-70-21-18-67-16-14-42-30(52)8-4-22-71(65,66)49-33(55)7-3-6-29-47-50-51-48-29/h26-28H,1-25H2,(H,41,56)(H,42,52)(H,43,53)(H,44,54)(H,45,57)(H,46,58)(H,49,55)(H,59,60)(H,61,62)(H,63,64)(H,47,48,50,51). The Bertz CT molecular complexity index is 1950. The molecule has 0 aliphatic carbocycles. The Labute approximate surface area is 416 Å². The topological polar surface area (TPSA) is 441 Å². The average molecular weight is 1100 g/mol. The Morgan fingerprint density at radius 3 is 1.54 bits per heavy atom. The van der Waals surface area contributed by atoms with Gasteiger partial charge in [0.15, 0.2) is 5.82 Å². The number of nitrogens with zero attached hydrogens (tertiary/aromatic N) is 3. The maximum atomic E-state index is 12.5. The zero-order chi connectivity index (χ0) is 52.9. The monoisotopic (exact) mass is 1100 g/mol. The van der Waals surface area contributed by atoms with Gasteiger partial charge in [-0.1, -0.05) is 21.1 Å². The Morgan fingerprint density at radius 1 is 0.535 bits per heavy atom. The van der Waals surface area contributed by atoms with Gasteiger partial charge in [-0.2, -0.15) is 5.21 Å². The Morgan fingerprint density at radius 2 is 1.01 bits per heavy atom. The van der Waals surface area contributed by atoms with Crippen LogP contribution in [0.25, 0.3) is 0 Å². The number of nitrogens with one attached hydrogen (secondary N) is 8. The summed E-state index contributed by atoms with van der Waals surface area (Å²) in [5.41, 5.74) is 0. The van der Waals surface area contributed by atoms with E-state index in [4.69, 9.17) is 18.9 Å². The molecule has 11 N–H and O–H groups in total. The molecule has 7 amide bonds. The number of carboxylic acid groups (broad SMARTS) is 3. The number of amides is 7. The van der Waals surface area contributed by atoms with Gasteiger partial charge in [-0.3, -0.25) is 38.3 Å². The summed E-state index contributed by atoms with van der Waals surface area (Å²) in [6.45, 7) is -0.507. The first kappa shape index (κ1) is 63.1. The third-order valence-electron chi connectivity index (χ3n) is 9.21. The third-order valence-corrected chi connectivity index (χ3v) is 11.1. The number of halogens is 1. The lowest BCUT2D eigenvalue weighted by Gasteiger charge is -2.17. The number of rotatable bonds is 43. The molecule has 0 aromatic carbocycles. The number of unbranched alkanes of at least 4 members (excludes halogenated alkanes) is 1. The van der Waals surface area contributed by atoms with E-state index in [0.717, 1.165) is 0 Å². The lowest BCUT2D eigenvalue weighted by atomic mass is 10.1. The lowest BCUT2D eigenvalue weighted by molar-refractivity contribution is -0.144. The fraction of sp³-hybridized carbons (Fsp3) is 0.718. The molecule has 0 saturated carbocycles. The molecule has 1 aromatic heterocycles. The van der Waals surface area contributed by atoms with Gasteiger partial charge in [0.1, 0.15) is 31.3 Å². The number of aromatic amines is 1. The highest BCUT2D eigenvalue weighted by Gasteiger charge is 2.25. The van der Waals surface area contributed by atoms with E-state index < -0.39 is 113 Å². The molecule has 0 spiro atoms. The molecule has 1 aromatic rings. The Balaban J connectivity index is 2.17. The molecule has 3 atom stereocenters. The zero-order valence-corrected chi connectivity index (χ0v) is 41.3. The number of H-pyrrole nitrogens is 1. The van der Waals surface area contributed by atoms with E-state index in [-0.39, 0.29) is 102 Å². The maximum Gasteiger partial charge on any atom is 0.326 e. The van der Waals surface area contributed by atoms with Gasteiger partial charge in [0.2, 0.25) is 51.4 Å². The number of carbonyl (C=O) groups excluding carboxylic acids is 7. The van der Waals surface area contributed by atoms with Crippen molar-refractivity contribution in [2.45, 2.75) is 95.2 Å². The maximum absolute atomic E-state index is 12.5. The van der Waals surface area contributed by atoms with Gasteiger partial charge in [-0.15, -0.1) is 10.2 Å².